The average Bonchev–Trinajstić information content (AvgIpc) is 2.31. The molecule has 0 aliphatic heterocycles. The van der Waals surface area contributed by atoms with Crippen LogP contribution in [0.15, 0.2) is 18.2 Å². The highest BCUT2D eigenvalue weighted by Gasteiger charge is 2.36. The fourth-order valence-electron chi connectivity index (χ4n) is 2.08. The van der Waals surface area contributed by atoms with E-state index in [1.54, 1.807) is 12.1 Å². The van der Waals surface area contributed by atoms with Crippen LogP contribution in [-0.2, 0) is 0 Å². The number of benzene rings is 1. The van der Waals surface area contributed by atoms with Crippen molar-refractivity contribution in [3.63, 3.8) is 0 Å². The van der Waals surface area contributed by atoms with Gasteiger partial charge in [-0.25, -0.2) is 13.6 Å². The van der Waals surface area contributed by atoms with E-state index >= 15 is 0 Å². The SMILES string of the molecule is O=C(O)c1ccc(I)cc1OC1CCC(F)(F)CC1. The van der Waals surface area contributed by atoms with Crippen LogP contribution < -0.4 is 4.74 Å². The third-order valence-corrected chi connectivity index (χ3v) is 3.80. The number of rotatable bonds is 3. The normalized spacial score (nSPS) is 19.1. The second-order valence-corrected chi connectivity index (χ2v) is 5.86. The van der Waals surface area contributed by atoms with Crippen molar-refractivity contribution in [1.29, 1.82) is 0 Å². The summed E-state index contributed by atoms with van der Waals surface area (Å²) in [6.45, 7) is 0. The Morgan fingerprint density at radius 2 is 2.00 bits per heavy atom. The van der Waals surface area contributed by atoms with Crippen molar-refractivity contribution in [2.75, 3.05) is 0 Å². The van der Waals surface area contributed by atoms with Gasteiger partial charge < -0.3 is 9.84 Å². The minimum atomic E-state index is -2.61. The molecule has 6 heteroatoms. The molecule has 0 saturated heterocycles. The smallest absolute Gasteiger partial charge is 0.339 e. The number of halogens is 3. The zero-order valence-corrected chi connectivity index (χ0v) is 12.2. The van der Waals surface area contributed by atoms with Gasteiger partial charge >= 0.3 is 5.97 Å². The highest BCUT2D eigenvalue weighted by atomic mass is 127. The molecule has 1 aromatic rings. The topological polar surface area (TPSA) is 46.5 Å². The van der Waals surface area contributed by atoms with Crippen molar-refractivity contribution in [3.8, 4) is 5.75 Å². The van der Waals surface area contributed by atoms with Crippen LogP contribution in [0.5, 0.6) is 5.75 Å². The lowest BCUT2D eigenvalue weighted by atomic mass is 9.94. The van der Waals surface area contributed by atoms with Crippen molar-refractivity contribution in [2.45, 2.75) is 37.7 Å². The number of carboxylic acids is 1. The summed E-state index contributed by atoms with van der Waals surface area (Å²) in [5, 5.41) is 9.07. The van der Waals surface area contributed by atoms with E-state index in [2.05, 4.69) is 22.6 Å². The lowest BCUT2D eigenvalue weighted by Gasteiger charge is -2.29. The van der Waals surface area contributed by atoms with Gasteiger partial charge in [0.1, 0.15) is 11.3 Å². The molecule has 0 radical (unpaired) electrons. The molecule has 1 N–H and O–H groups in total. The Morgan fingerprint density at radius 1 is 1.37 bits per heavy atom. The standard InChI is InChI=1S/C13H13F2IO3/c14-13(15)5-3-9(4-6-13)19-11-7-8(16)1-2-10(11)12(17)18/h1-2,7,9H,3-6H2,(H,17,18). The molecular weight excluding hydrogens is 369 g/mol. The Hall–Kier alpha value is -0.920. The van der Waals surface area contributed by atoms with Crippen LogP contribution >= 0.6 is 22.6 Å². The molecule has 0 amide bonds. The number of hydrogen-bond donors (Lipinski definition) is 1. The van der Waals surface area contributed by atoms with Gasteiger partial charge in [-0.15, -0.1) is 0 Å². The van der Waals surface area contributed by atoms with E-state index in [9.17, 15) is 13.6 Å². The highest BCUT2D eigenvalue weighted by molar-refractivity contribution is 14.1. The second kappa shape index (κ2) is 5.60. The van der Waals surface area contributed by atoms with Crippen LogP contribution in [0.1, 0.15) is 36.0 Å². The number of carboxylic acid groups (broad SMARTS) is 1. The third-order valence-electron chi connectivity index (χ3n) is 3.13. The molecule has 1 saturated carbocycles. The van der Waals surface area contributed by atoms with Crippen LogP contribution in [0.25, 0.3) is 0 Å². The van der Waals surface area contributed by atoms with Gasteiger partial charge in [0.2, 0.25) is 5.92 Å². The molecule has 1 aromatic carbocycles. The van der Waals surface area contributed by atoms with Crippen LogP contribution in [0, 0.1) is 3.57 Å². The molecule has 1 aliphatic carbocycles. The first-order valence-corrected chi connectivity index (χ1v) is 7.02. The summed E-state index contributed by atoms with van der Waals surface area (Å²) in [6.07, 6.45) is -0.251. The largest absolute Gasteiger partial charge is 0.489 e. The van der Waals surface area contributed by atoms with Crippen molar-refractivity contribution < 1.29 is 23.4 Å². The Kier molecular flexibility index (Phi) is 4.27. The first-order chi connectivity index (χ1) is 8.87. The summed E-state index contributed by atoms with van der Waals surface area (Å²) in [7, 11) is 0. The quantitative estimate of drug-likeness (QED) is 0.806. The van der Waals surface area contributed by atoms with Crippen LogP contribution in [0.4, 0.5) is 8.78 Å². The first-order valence-electron chi connectivity index (χ1n) is 5.95. The van der Waals surface area contributed by atoms with E-state index in [-0.39, 0.29) is 43.1 Å². The van der Waals surface area contributed by atoms with E-state index < -0.39 is 11.9 Å². The zero-order chi connectivity index (χ0) is 14.0. The zero-order valence-electron chi connectivity index (χ0n) is 10.0. The maximum Gasteiger partial charge on any atom is 0.339 e. The molecule has 1 aliphatic rings. The number of carbonyl (C=O) groups is 1. The maximum absolute atomic E-state index is 13.0. The second-order valence-electron chi connectivity index (χ2n) is 4.62. The minimum Gasteiger partial charge on any atom is -0.489 e. The molecule has 104 valence electrons. The van der Waals surface area contributed by atoms with Gasteiger partial charge in [-0.05, 0) is 53.6 Å². The van der Waals surface area contributed by atoms with Gasteiger partial charge in [-0.2, -0.15) is 0 Å². The lowest BCUT2D eigenvalue weighted by molar-refractivity contribution is -0.0583. The Morgan fingerprint density at radius 3 is 2.58 bits per heavy atom. The van der Waals surface area contributed by atoms with Gasteiger partial charge in [-0.3, -0.25) is 0 Å². The van der Waals surface area contributed by atoms with E-state index in [0.29, 0.717) is 0 Å². The number of ether oxygens (including phenoxy) is 1. The molecule has 3 nitrogen and oxygen atoms in total. The molecule has 2 rings (SSSR count). The molecule has 19 heavy (non-hydrogen) atoms. The van der Waals surface area contributed by atoms with Crippen molar-refractivity contribution in [2.24, 2.45) is 0 Å². The van der Waals surface area contributed by atoms with E-state index in [4.69, 9.17) is 9.84 Å². The van der Waals surface area contributed by atoms with Crippen molar-refractivity contribution in [3.05, 3.63) is 27.3 Å². The summed E-state index contributed by atoms with van der Waals surface area (Å²) >= 11 is 2.05. The van der Waals surface area contributed by atoms with Crippen molar-refractivity contribution >= 4 is 28.6 Å². The molecule has 0 spiro atoms. The van der Waals surface area contributed by atoms with E-state index in [1.165, 1.54) is 6.07 Å². The van der Waals surface area contributed by atoms with E-state index in [1.807, 2.05) is 0 Å². The predicted octanol–water partition coefficient (Wildman–Crippen LogP) is 3.95. The summed E-state index contributed by atoms with van der Waals surface area (Å²) in [6, 6.07) is 4.76. The Bertz CT molecular complexity index is 481. The average molecular weight is 382 g/mol. The monoisotopic (exact) mass is 382 g/mol. The van der Waals surface area contributed by atoms with Crippen LogP contribution in [0.2, 0.25) is 0 Å². The fraction of sp³-hybridized carbons (Fsp3) is 0.462. The molecular formula is C13H13F2IO3. The van der Waals surface area contributed by atoms with E-state index in [0.717, 1.165) is 3.57 Å². The summed E-state index contributed by atoms with van der Waals surface area (Å²) in [4.78, 5) is 11.1. The molecule has 0 bridgehead atoms. The summed E-state index contributed by atoms with van der Waals surface area (Å²) in [5.41, 5.74) is 0.0674. The fourth-order valence-corrected chi connectivity index (χ4v) is 2.54. The maximum atomic E-state index is 13.0. The predicted molar refractivity (Wildman–Crippen MR) is 73.9 cm³/mol. The first kappa shape index (κ1) is 14.5. The molecule has 0 atom stereocenters. The molecule has 1 fully saturated rings. The van der Waals surface area contributed by atoms with Gasteiger partial charge in [0.15, 0.2) is 0 Å². The van der Waals surface area contributed by atoms with Crippen LogP contribution in [-0.4, -0.2) is 23.1 Å². The van der Waals surface area contributed by atoms with Crippen LogP contribution in [0.3, 0.4) is 0 Å². The summed E-state index contributed by atoms with van der Waals surface area (Å²) in [5.74, 6) is -3.43. The minimum absolute atomic E-state index is 0.0674. The van der Waals surface area contributed by atoms with Gasteiger partial charge in [-0.1, -0.05) is 0 Å². The summed E-state index contributed by atoms with van der Waals surface area (Å²) < 4.78 is 32.5. The number of hydrogen-bond acceptors (Lipinski definition) is 2. The van der Waals surface area contributed by atoms with Gasteiger partial charge in [0.25, 0.3) is 0 Å². The van der Waals surface area contributed by atoms with Crippen molar-refractivity contribution in [1.82, 2.24) is 0 Å². The van der Waals surface area contributed by atoms with Gasteiger partial charge in [0.05, 0.1) is 6.10 Å². The molecule has 0 aromatic heterocycles. The Balaban J connectivity index is 2.11. The molecule has 0 heterocycles. The lowest BCUT2D eigenvalue weighted by Crippen LogP contribution is -2.31. The number of alkyl halides is 2. The Labute approximate surface area is 123 Å². The number of aromatic carboxylic acids is 1. The van der Waals surface area contributed by atoms with Gasteiger partial charge in [0, 0.05) is 16.4 Å². The third kappa shape index (κ3) is 3.77. The molecule has 0 unspecified atom stereocenters. The highest BCUT2D eigenvalue weighted by Crippen LogP contribution is 2.35.